The summed E-state index contributed by atoms with van der Waals surface area (Å²) in [6.07, 6.45) is 3.43. The molecule has 0 saturated carbocycles. The Balaban J connectivity index is 1.73. The highest BCUT2D eigenvalue weighted by Crippen LogP contribution is 2.36. The number of hydrogen-bond acceptors (Lipinski definition) is 7. The van der Waals surface area contributed by atoms with Gasteiger partial charge in [-0.3, -0.25) is 4.99 Å². The maximum atomic E-state index is 12.1. The van der Waals surface area contributed by atoms with Crippen LogP contribution in [0.25, 0.3) is 26.7 Å². The lowest BCUT2D eigenvalue weighted by molar-refractivity contribution is 0.0523. The number of pyridine rings is 1. The van der Waals surface area contributed by atoms with Gasteiger partial charge in [-0.1, -0.05) is 12.1 Å². The Morgan fingerprint density at radius 3 is 2.59 bits per heavy atom. The maximum absolute atomic E-state index is 12.1. The highest BCUT2D eigenvalue weighted by Gasteiger charge is 2.20. The topological polar surface area (TPSA) is 88.5 Å². The molecule has 7 nitrogen and oxygen atoms in total. The van der Waals surface area contributed by atoms with Crippen LogP contribution in [0.2, 0.25) is 0 Å². The molecule has 1 aromatic carbocycles. The molecule has 2 aromatic heterocycles. The molecule has 8 heteroatoms. The fourth-order valence-corrected chi connectivity index (χ4v) is 4.45. The molecule has 0 saturated heterocycles. The van der Waals surface area contributed by atoms with Crippen molar-refractivity contribution in [2.45, 2.75) is 59.2 Å². The van der Waals surface area contributed by atoms with Gasteiger partial charge in [-0.25, -0.2) is 14.8 Å². The molecule has 0 aliphatic carbocycles. The average Bonchev–Trinajstić information content (AvgIpc) is 3.34. The Bertz CT molecular complexity index is 1250. The molecule has 0 atom stereocenters. The predicted octanol–water partition coefficient (Wildman–Crippen LogP) is 5.55. The zero-order chi connectivity index (χ0) is 23.1. The summed E-state index contributed by atoms with van der Waals surface area (Å²) in [4.78, 5) is 26.1. The van der Waals surface area contributed by atoms with Gasteiger partial charge in [0.15, 0.2) is 5.82 Å². The third kappa shape index (κ3) is 5.07. The van der Waals surface area contributed by atoms with Crippen molar-refractivity contribution < 1.29 is 9.53 Å². The van der Waals surface area contributed by atoms with Gasteiger partial charge in [0.1, 0.15) is 16.1 Å². The number of ether oxygens (including phenoxy) is 1. The van der Waals surface area contributed by atoms with Gasteiger partial charge in [0.25, 0.3) is 0 Å². The number of anilines is 1. The van der Waals surface area contributed by atoms with Crippen molar-refractivity contribution >= 4 is 56.2 Å². The van der Waals surface area contributed by atoms with E-state index in [9.17, 15) is 4.79 Å². The standard InChI is InChI=1S/C24H29N5O2S/c1-23(2,3)29-21-19-20(32-18(28-19)13-26-22(30)31-24(4,5)6)16-8-7-14(11-17(16)27-21)15-9-10-25-12-15/h7-11H,12-13H2,1-6H3,(H,26,30)(H,27,29). The minimum Gasteiger partial charge on any atom is -0.444 e. The number of allylic oxidation sites excluding steroid dienone is 1. The number of benzene rings is 1. The molecule has 0 spiro atoms. The van der Waals surface area contributed by atoms with Gasteiger partial charge in [-0.05, 0) is 64.8 Å². The lowest BCUT2D eigenvalue weighted by atomic mass is 10.0. The summed E-state index contributed by atoms with van der Waals surface area (Å²) in [5, 5.41) is 8.14. The Labute approximate surface area is 192 Å². The van der Waals surface area contributed by atoms with Gasteiger partial charge in [-0.15, -0.1) is 11.3 Å². The number of nitrogens with one attached hydrogen (secondary N) is 2. The Hall–Kier alpha value is -3.00. The van der Waals surface area contributed by atoms with E-state index in [0.717, 1.165) is 37.5 Å². The molecule has 3 heterocycles. The number of carbonyl (C=O) groups is 1. The van der Waals surface area contributed by atoms with E-state index in [0.29, 0.717) is 13.1 Å². The molecular weight excluding hydrogens is 422 g/mol. The van der Waals surface area contributed by atoms with E-state index < -0.39 is 11.7 Å². The van der Waals surface area contributed by atoms with Crippen LogP contribution >= 0.6 is 11.3 Å². The molecule has 1 aliphatic heterocycles. The van der Waals surface area contributed by atoms with Crippen LogP contribution in [0.5, 0.6) is 0 Å². The van der Waals surface area contributed by atoms with Gasteiger partial charge in [0.05, 0.1) is 23.3 Å². The quantitative estimate of drug-likeness (QED) is 0.543. The van der Waals surface area contributed by atoms with Crippen LogP contribution in [-0.2, 0) is 11.3 Å². The number of hydrogen-bond donors (Lipinski definition) is 2. The van der Waals surface area contributed by atoms with Gasteiger partial charge in [0, 0.05) is 17.1 Å². The first-order chi connectivity index (χ1) is 15.0. The van der Waals surface area contributed by atoms with Crippen LogP contribution < -0.4 is 10.6 Å². The molecule has 0 fully saturated rings. The molecule has 0 unspecified atom stereocenters. The van der Waals surface area contributed by atoms with Crippen molar-refractivity contribution in [1.29, 1.82) is 0 Å². The van der Waals surface area contributed by atoms with Gasteiger partial charge in [0.2, 0.25) is 0 Å². The van der Waals surface area contributed by atoms with Crippen LogP contribution in [0.4, 0.5) is 10.6 Å². The number of fused-ring (bicyclic) bond motifs is 3. The molecule has 3 aromatic rings. The third-order valence-electron chi connectivity index (χ3n) is 4.66. The summed E-state index contributed by atoms with van der Waals surface area (Å²) in [6.45, 7) is 12.8. The molecular formula is C24H29N5O2S. The number of rotatable bonds is 4. The van der Waals surface area contributed by atoms with Crippen molar-refractivity contribution in [3.8, 4) is 0 Å². The first kappa shape index (κ1) is 22.2. The van der Waals surface area contributed by atoms with E-state index >= 15 is 0 Å². The van der Waals surface area contributed by atoms with Crippen molar-refractivity contribution in [3.05, 3.63) is 34.8 Å². The first-order valence-electron chi connectivity index (χ1n) is 10.7. The number of amides is 1. The van der Waals surface area contributed by atoms with E-state index in [1.165, 1.54) is 5.57 Å². The number of carbonyl (C=O) groups excluding carboxylic acids is 1. The number of nitrogens with zero attached hydrogens (tertiary/aromatic N) is 3. The van der Waals surface area contributed by atoms with Crippen LogP contribution in [0.15, 0.2) is 29.3 Å². The fourth-order valence-electron chi connectivity index (χ4n) is 3.41. The summed E-state index contributed by atoms with van der Waals surface area (Å²) in [6, 6.07) is 6.32. The van der Waals surface area contributed by atoms with Crippen LogP contribution in [0.3, 0.4) is 0 Å². The SMILES string of the molecule is CC(C)(C)Nc1nc2cc(C3=CC=NC3)ccc2c2sc(CNC(=O)OC(C)(C)C)nc12. The van der Waals surface area contributed by atoms with Crippen molar-refractivity contribution in [2.75, 3.05) is 11.9 Å². The Morgan fingerprint density at radius 2 is 1.94 bits per heavy atom. The Morgan fingerprint density at radius 1 is 1.16 bits per heavy atom. The van der Waals surface area contributed by atoms with Crippen LogP contribution in [0, 0.1) is 0 Å². The number of thiazole rings is 1. The number of aliphatic imine (C=N–C) groups is 1. The minimum atomic E-state index is -0.543. The largest absolute Gasteiger partial charge is 0.444 e. The lowest BCUT2D eigenvalue weighted by Crippen LogP contribution is -2.32. The predicted molar refractivity (Wildman–Crippen MR) is 133 cm³/mol. The first-order valence-corrected chi connectivity index (χ1v) is 11.5. The molecule has 0 radical (unpaired) electrons. The summed E-state index contributed by atoms with van der Waals surface area (Å²) >= 11 is 1.56. The maximum Gasteiger partial charge on any atom is 0.408 e. The van der Waals surface area contributed by atoms with Gasteiger partial charge in [-0.2, -0.15) is 0 Å². The smallest absolute Gasteiger partial charge is 0.408 e. The number of alkyl carbamates (subject to hydrolysis) is 1. The second-order valence-corrected chi connectivity index (χ2v) is 11.0. The zero-order valence-electron chi connectivity index (χ0n) is 19.4. The van der Waals surface area contributed by atoms with Gasteiger partial charge < -0.3 is 15.4 Å². The van der Waals surface area contributed by atoms with E-state index in [2.05, 4.69) is 54.6 Å². The summed E-state index contributed by atoms with van der Waals surface area (Å²) < 4.78 is 6.39. The minimum absolute atomic E-state index is 0.175. The van der Waals surface area contributed by atoms with E-state index in [4.69, 9.17) is 14.7 Å². The molecule has 1 aliphatic rings. The summed E-state index contributed by atoms with van der Waals surface area (Å²) in [5.74, 6) is 0.744. The Kier molecular flexibility index (Phi) is 5.67. The molecule has 4 rings (SSSR count). The fraction of sp³-hybridized carbons (Fsp3) is 0.417. The number of aromatic nitrogens is 2. The second kappa shape index (κ2) is 8.16. The van der Waals surface area contributed by atoms with E-state index in [1.807, 2.05) is 33.1 Å². The molecule has 168 valence electrons. The lowest BCUT2D eigenvalue weighted by Gasteiger charge is -2.22. The third-order valence-corrected chi connectivity index (χ3v) is 5.75. The summed E-state index contributed by atoms with van der Waals surface area (Å²) in [7, 11) is 0. The van der Waals surface area contributed by atoms with E-state index in [-0.39, 0.29) is 5.54 Å². The van der Waals surface area contributed by atoms with Crippen LogP contribution in [0.1, 0.15) is 52.1 Å². The van der Waals surface area contributed by atoms with Crippen molar-refractivity contribution in [1.82, 2.24) is 15.3 Å². The molecule has 32 heavy (non-hydrogen) atoms. The second-order valence-electron chi connectivity index (χ2n) is 9.89. The zero-order valence-corrected chi connectivity index (χ0v) is 20.2. The molecule has 2 N–H and O–H groups in total. The normalized spacial score (nSPS) is 14.1. The van der Waals surface area contributed by atoms with Crippen LogP contribution in [-0.4, -0.2) is 40.0 Å². The van der Waals surface area contributed by atoms with E-state index in [1.54, 1.807) is 11.3 Å². The average molecular weight is 452 g/mol. The molecule has 1 amide bonds. The highest BCUT2D eigenvalue weighted by molar-refractivity contribution is 7.19. The monoisotopic (exact) mass is 451 g/mol. The summed E-state index contributed by atoms with van der Waals surface area (Å²) in [5.41, 5.74) is 3.31. The molecule has 0 bridgehead atoms. The van der Waals surface area contributed by atoms with Gasteiger partial charge >= 0.3 is 6.09 Å². The highest BCUT2D eigenvalue weighted by atomic mass is 32.1. The van der Waals surface area contributed by atoms with Crippen molar-refractivity contribution in [2.24, 2.45) is 4.99 Å². The van der Waals surface area contributed by atoms with Crippen molar-refractivity contribution in [3.63, 3.8) is 0 Å².